The third-order valence-corrected chi connectivity index (χ3v) is 4.52. The summed E-state index contributed by atoms with van der Waals surface area (Å²) in [5.41, 5.74) is 5.16. The Morgan fingerprint density at radius 2 is 1.84 bits per heavy atom. The molecule has 0 fully saturated rings. The topological polar surface area (TPSA) is 120 Å². The maximum atomic E-state index is 11.6. The number of aliphatic hydroxyl groups is 1. The summed E-state index contributed by atoms with van der Waals surface area (Å²) >= 11 is 1.60. The first-order chi connectivity index (χ1) is 11.9. The number of aliphatic hydroxyl groups excluding tert-OH is 1. The summed E-state index contributed by atoms with van der Waals surface area (Å²) in [6.07, 6.45) is -0.272. The molecule has 0 saturated heterocycles. The lowest BCUT2D eigenvalue weighted by Gasteiger charge is -2.13. The minimum atomic E-state index is -1.03. The second kappa shape index (κ2) is 15.4. The van der Waals surface area contributed by atoms with Crippen molar-refractivity contribution in [3.05, 3.63) is 0 Å². The molecular formula is C16H32N2O6S. The number of esters is 1. The molecule has 0 saturated carbocycles. The van der Waals surface area contributed by atoms with Crippen LogP contribution in [-0.2, 0) is 23.8 Å². The second-order valence-corrected chi connectivity index (χ2v) is 6.85. The fourth-order valence-electron chi connectivity index (χ4n) is 1.52. The summed E-state index contributed by atoms with van der Waals surface area (Å²) < 4.78 is 15.5. The zero-order chi connectivity index (χ0) is 19.1. The van der Waals surface area contributed by atoms with Crippen LogP contribution in [0.4, 0.5) is 0 Å². The molecule has 0 rings (SSSR count). The Morgan fingerprint density at radius 3 is 2.48 bits per heavy atom. The van der Waals surface area contributed by atoms with Crippen molar-refractivity contribution < 1.29 is 28.9 Å². The monoisotopic (exact) mass is 380 g/mol. The number of thioether (sulfide) groups is 1. The minimum absolute atomic E-state index is 0.0565. The highest BCUT2D eigenvalue weighted by Gasteiger charge is 2.13. The van der Waals surface area contributed by atoms with Crippen molar-refractivity contribution in [3.8, 4) is 0 Å². The number of ether oxygens (including phenoxy) is 3. The molecule has 8 nitrogen and oxygen atoms in total. The highest BCUT2D eigenvalue weighted by atomic mass is 32.2. The minimum Gasteiger partial charge on any atom is -0.463 e. The fraction of sp³-hybridized carbons (Fsp3) is 0.875. The predicted molar refractivity (Wildman–Crippen MR) is 96.9 cm³/mol. The molecular weight excluding hydrogens is 348 g/mol. The highest BCUT2D eigenvalue weighted by molar-refractivity contribution is 7.99. The van der Waals surface area contributed by atoms with E-state index < -0.39 is 6.23 Å². The fourth-order valence-corrected chi connectivity index (χ4v) is 2.43. The normalized spacial score (nSPS) is 14.6. The largest absolute Gasteiger partial charge is 0.463 e. The van der Waals surface area contributed by atoms with E-state index in [1.54, 1.807) is 11.8 Å². The summed E-state index contributed by atoms with van der Waals surface area (Å²) in [5, 5.41) is 11.5. The molecule has 4 N–H and O–H groups in total. The van der Waals surface area contributed by atoms with Crippen molar-refractivity contribution in [3.63, 3.8) is 0 Å². The Labute approximate surface area is 154 Å². The van der Waals surface area contributed by atoms with Crippen LogP contribution in [0.2, 0.25) is 0 Å². The first-order valence-electron chi connectivity index (χ1n) is 8.49. The SMILES string of the molecule is CCC(C)C(=O)OCCOCOCCSCC(C)C(=O)NCC(N)O. The van der Waals surface area contributed by atoms with Crippen LogP contribution < -0.4 is 11.1 Å². The van der Waals surface area contributed by atoms with Gasteiger partial charge >= 0.3 is 5.97 Å². The molecule has 0 spiro atoms. The predicted octanol–water partition coefficient (Wildman–Crippen LogP) is 0.329. The first kappa shape index (κ1) is 24.1. The summed E-state index contributed by atoms with van der Waals surface area (Å²) in [5.74, 6) is 0.806. The molecule has 25 heavy (non-hydrogen) atoms. The summed E-state index contributed by atoms with van der Waals surface area (Å²) in [6, 6.07) is 0. The number of amides is 1. The van der Waals surface area contributed by atoms with Crippen LogP contribution in [0.25, 0.3) is 0 Å². The summed E-state index contributed by atoms with van der Waals surface area (Å²) in [4.78, 5) is 23.0. The molecule has 0 aromatic carbocycles. The zero-order valence-corrected chi connectivity index (χ0v) is 16.2. The molecule has 0 aliphatic carbocycles. The van der Waals surface area contributed by atoms with Crippen LogP contribution in [0.5, 0.6) is 0 Å². The van der Waals surface area contributed by atoms with E-state index in [4.69, 9.17) is 25.1 Å². The maximum absolute atomic E-state index is 11.6. The van der Waals surface area contributed by atoms with Crippen molar-refractivity contribution in [2.24, 2.45) is 17.6 Å². The van der Waals surface area contributed by atoms with Gasteiger partial charge in [0.2, 0.25) is 5.91 Å². The van der Waals surface area contributed by atoms with Gasteiger partial charge in [0.25, 0.3) is 0 Å². The zero-order valence-electron chi connectivity index (χ0n) is 15.4. The lowest BCUT2D eigenvalue weighted by molar-refractivity contribution is -0.151. The number of hydrogen-bond donors (Lipinski definition) is 3. The van der Waals surface area contributed by atoms with E-state index in [0.29, 0.717) is 19.0 Å². The van der Waals surface area contributed by atoms with E-state index in [0.717, 1.165) is 12.2 Å². The van der Waals surface area contributed by atoms with Crippen molar-refractivity contribution in [2.45, 2.75) is 33.4 Å². The van der Waals surface area contributed by atoms with E-state index in [2.05, 4.69) is 5.32 Å². The molecule has 0 aromatic rings. The number of rotatable bonds is 15. The second-order valence-electron chi connectivity index (χ2n) is 5.70. The molecule has 0 radical (unpaired) electrons. The Morgan fingerprint density at radius 1 is 1.16 bits per heavy atom. The van der Waals surface area contributed by atoms with E-state index in [9.17, 15) is 9.59 Å². The van der Waals surface area contributed by atoms with Crippen molar-refractivity contribution >= 4 is 23.6 Å². The Hall–Kier alpha value is -0.870. The smallest absolute Gasteiger partial charge is 0.308 e. The molecule has 0 aliphatic rings. The average Bonchev–Trinajstić information content (AvgIpc) is 2.59. The van der Waals surface area contributed by atoms with Gasteiger partial charge in [-0.2, -0.15) is 11.8 Å². The molecule has 0 bridgehead atoms. The van der Waals surface area contributed by atoms with Gasteiger partial charge < -0.3 is 30.4 Å². The average molecular weight is 381 g/mol. The van der Waals surface area contributed by atoms with Gasteiger partial charge in [0.05, 0.1) is 25.7 Å². The molecule has 3 unspecified atom stereocenters. The van der Waals surface area contributed by atoms with Crippen LogP contribution >= 0.6 is 11.8 Å². The summed E-state index contributed by atoms with van der Waals surface area (Å²) in [7, 11) is 0. The molecule has 1 amide bonds. The molecule has 0 aliphatic heterocycles. The number of carbonyl (C=O) groups excluding carboxylic acids is 2. The van der Waals surface area contributed by atoms with E-state index in [1.165, 1.54) is 0 Å². The number of nitrogens with two attached hydrogens (primary N) is 1. The van der Waals surface area contributed by atoms with E-state index >= 15 is 0 Å². The molecule has 9 heteroatoms. The number of nitrogens with one attached hydrogen (secondary N) is 1. The molecule has 0 aromatic heterocycles. The van der Waals surface area contributed by atoms with Crippen LogP contribution in [0, 0.1) is 11.8 Å². The van der Waals surface area contributed by atoms with Crippen LogP contribution in [-0.4, -0.2) is 67.9 Å². The third kappa shape index (κ3) is 14.0. The van der Waals surface area contributed by atoms with Crippen LogP contribution in [0.3, 0.4) is 0 Å². The molecule has 0 heterocycles. The number of hydrogen-bond acceptors (Lipinski definition) is 8. The Bertz CT molecular complexity index is 371. The standard InChI is InChI=1S/C16H32N2O6S/c1-4-12(2)16(21)24-6-5-22-11-23-7-8-25-10-13(3)15(20)18-9-14(17)19/h12-14,19H,4-11,17H2,1-3H3,(H,18,20). The highest BCUT2D eigenvalue weighted by Crippen LogP contribution is 2.08. The summed E-state index contributed by atoms with van der Waals surface area (Å²) in [6.45, 7) is 6.82. The van der Waals surface area contributed by atoms with Crippen molar-refractivity contribution in [1.29, 1.82) is 0 Å². The Balaban J connectivity index is 3.41. The third-order valence-electron chi connectivity index (χ3n) is 3.33. The van der Waals surface area contributed by atoms with Gasteiger partial charge in [0, 0.05) is 17.4 Å². The van der Waals surface area contributed by atoms with Gasteiger partial charge in [-0.05, 0) is 6.42 Å². The Kier molecular flexibility index (Phi) is 14.9. The number of carbonyl (C=O) groups is 2. The van der Waals surface area contributed by atoms with Gasteiger partial charge in [-0.3, -0.25) is 9.59 Å². The quantitative estimate of drug-likeness (QED) is 0.211. The van der Waals surface area contributed by atoms with Crippen molar-refractivity contribution in [1.82, 2.24) is 5.32 Å². The van der Waals surface area contributed by atoms with Gasteiger partial charge in [-0.25, -0.2) is 0 Å². The van der Waals surface area contributed by atoms with Crippen molar-refractivity contribution in [2.75, 3.05) is 44.7 Å². The van der Waals surface area contributed by atoms with Gasteiger partial charge in [-0.1, -0.05) is 20.8 Å². The van der Waals surface area contributed by atoms with Crippen LogP contribution in [0.15, 0.2) is 0 Å². The van der Waals surface area contributed by atoms with Gasteiger partial charge in [-0.15, -0.1) is 0 Å². The maximum Gasteiger partial charge on any atom is 0.308 e. The lowest BCUT2D eigenvalue weighted by Crippen LogP contribution is -2.39. The van der Waals surface area contributed by atoms with Crippen LogP contribution in [0.1, 0.15) is 27.2 Å². The van der Waals surface area contributed by atoms with E-state index in [-0.39, 0.29) is 43.7 Å². The van der Waals surface area contributed by atoms with Gasteiger partial charge in [0.1, 0.15) is 19.6 Å². The first-order valence-corrected chi connectivity index (χ1v) is 9.65. The van der Waals surface area contributed by atoms with E-state index in [1.807, 2.05) is 20.8 Å². The lowest BCUT2D eigenvalue weighted by atomic mass is 10.1. The molecule has 148 valence electrons. The van der Waals surface area contributed by atoms with Gasteiger partial charge in [0.15, 0.2) is 0 Å². The molecule has 3 atom stereocenters.